The van der Waals surface area contributed by atoms with E-state index in [1.807, 2.05) is 24.3 Å². The Kier molecular flexibility index (Phi) is 2.79. The molecule has 2 aromatic carbocycles. The van der Waals surface area contributed by atoms with Crippen molar-refractivity contribution in [3.63, 3.8) is 0 Å². The molecule has 2 nitrogen and oxygen atoms in total. The highest BCUT2D eigenvalue weighted by molar-refractivity contribution is 5.47. The van der Waals surface area contributed by atoms with Gasteiger partial charge in [0, 0.05) is 5.56 Å². The predicted molar refractivity (Wildman–Crippen MR) is 70.7 cm³/mol. The number of rotatable bonds is 2. The first-order chi connectivity index (χ1) is 9.15. The van der Waals surface area contributed by atoms with Gasteiger partial charge in [-0.1, -0.05) is 24.3 Å². The lowest BCUT2D eigenvalue weighted by molar-refractivity contribution is 0.0786. The second-order valence-electron chi connectivity index (χ2n) is 4.86. The van der Waals surface area contributed by atoms with Gasteiger partial charge in [0.1, 0.15) is 17.2 Å². The molecule has 0 radical (unpaired) electrons. The Morgan fingerprint density at radius 2 is 1.95 bits per heavy atom. The molecular weight excluding hydrogens is 243 g/mol. The van der Waals surface area contributed by atoms with Crippen LogP contribution >= 0.6 is 0 Å². The first kappa shape index (κ1) is 12.2. The third-order valence-corrected chi connectivity index (χ3v) is 3.84. The molecule has 0 saturated carbocycles. The Bertz CT molecular complexity index is 624. The normalized spacial score (nSPS) is 21.2. The van der Waals surface area contributed by atoms with Gasteiger partial charge in [-0.15, -0.1) is 0 Å². The van der Waals surface area contributed by atoms with Crippen LogP contribution in [0.1, 0.15) is 23.1 Å². The molecule has 0 fully saturated rings. The summed E-state index contributed by atoms with van der Waals surface area (Å²) in [6.07, 6.45) is 1.25. The fraction of sp³-hybridized carbons (Fsp3) is 0.250. The van der Waals surface area contributed by atoms with Gasteiger partial charge < -0.3 is 9.84 Å². The lowest BCUT2D eigenvalue weighted by atomic mass is 9.87. The van der Waals surface area contributed by atoms with Crippen LogP contribution in [-0.4, -0.2) is 12.2 Å². The summed E-state index contributed by atoms with van der Waals surface area (Å²) in [5, 5.41) is 10.9. The van der Waals surface area contributed by atoms with Gasteiger partial charge in [-0.05, 0) is 42.2 Å². The molecule has 1 N–H and O–H groups in total. The average Bonchev–Trinajstić information content (AvgIpc) is 2.79. The third-order valence-electron chi connectivity index (χ3n) is 3.84. The molecule has 19 heavy (non-hydrogen) atoms. The number of aliphatic hydroxyl groups is 1. The molecule has 1 unspecified atom stereocenters. The van der Waals surface area contributed by atoms with Crippen LogP contribution in [0.15, 0.2) is 42.5 Å². The molecule has 0 saturated heterocycles. The van der Waals surface area contributed by atoms with Crippen molar-refractivity contribution < 1.29 is 14.2 Å². The summed E-state index contributed by atoms with van der Waals surface area (Å²) in [6, 6.07) is 12.1. The molecule has 98 valence electrons. The molecule has 1 aliphatic carbocycles. The lowest BCUT2D eigenvalue weighted by Gasteiger charge is -2.25. The minimum absolute atomic E-state index is 0.289. The van der Waals surface area contributed by atoms with E-state index in [0.29, 0.717) is 12.2 Å². The third kappa shape index (κ3) is 1.81. The van der Waals surface area contributed by atoms with Gasteiger partial charge in [0.2, 0.25) is 0 Å². The van der Waals surface area contributed by atoms with Crippen molar-refractivity contribution in [3.8, 4) is 5.75 Å². The zero-order valence-corrected chi connectivity index (χ0v) is 10.7. The van der Waals surface area contributed by atoms with Crippen molar-refractivity contribution in [1.29, 1.82) is 0 Å². The van der Waals surface area contributed by atoms with E-state index in [1.54, 1.807) is 12.1 Å². The Morgan fingerprint density at radius 3 is 2.74 bits per heavy atom. The first-order valence-electron chi connectivity index (χ1n) is 6.30. The van der Waals surface area contributed by atoms with E-state index in [0.717, 1.165) is 17.5 Å². The van der Waals surface area contributed by atoms with Crippen molar-refractivity contribution >= 4 is 0 Å². The number of aryl methyl sites for hydroxylation is 1. The molecule has 0 heterocycles. The number of benzene rings is 2. The number of hydrogen-bond acceptors (Lipinski definition) is 2. The largest absolute Gasteiger partial charge is 0.497 e. The number of fused-ring (bicyclic) bond motifs is 1. The Balaban J connectivity index is 2.17. The van der Waals surface area contributed by atoms with E-state index in [-0.39, 0.29) is 5.56 Å². The van der Waals surface area contributed by atoms with Gasteiger partial charge in [-0.3, -0.25) is 0 Å². The predicted octanol–water partition coefficient (Wildman–Crippen LogP) is 3.02. The fourth-order valence-corrected chi connectivity index (χ4v) is 2.82. The Labute approximate surface area is 111 Å². The van der Waals surface area contributed by atoms with E-state index >= 15 is 0 Å². The maximum absolute atomic E-state index is 14.1. The van der Waals surface area contributed by atoms with Crippen LogP contribution in [0.25, 0.3) is 0 Å². The summed E-state index contributed by atoms with van der Waals surface area (Å²) in [4.78, 5) is 0. The molecule has 2 aromatic rings. The summed E-state index contributed by atoms with van der Waals surface area (Å²) in [5.41, 5.74) is 0.904. The van der Waals surface area contributed by atoms with E-state index in [9.17, 15) is 9.50 Å². The van der Waals surface area contributed by atoms with Gasteiger partial charge in [-0.25, -0.2) is 4.39 Å². The molecular formula is C16H15FO2. The second kappa shape index (κ2) is 4.35. The van der Waals surface area contributed by atoms with Crippen LogP contribution in [0, 0.1) is 5.82 Å². The van der Waals surface area contributed by atoms with Gasteiger partial charge >= 0.3 is 0 Å². The minimum Gasteiger partial charge on any atom is -0.497 e. The van der Waals surface area contributed by atoms with Crippen molar-refractivity contribution in [2.45, 2.75) is 18.4 Å². The number of ether oxygens (including phenoxy) is 1. The summed E-state index contributed by atoms with van der Waals surface area (Å²) in [5.74, 6) is 0.147. The zero-order chi connectivity index (χ0) is 13.5. The van der Waals surface area contributed by atoms with E-state index < -0.39 is 11.4 Å². The van der Waals surface area contributed by atoms with Crippen LogP contribution in [-0.2, 0) is 12.0 Å². The maximum atomic E-state index is 14.1. The van der Waals surface area contributed by atoms with Gasteiger partial charge in [0.25, 0.3) is 0 Å². The minimum atomic E-state index is -1.25. The second-order valence-corrected chi connectivity index (χ2v) is 4.86. The van der Waals surface area contributed by atoms with Crippen molar-refractivity contribution in [2.75, 3.05) is 7.11 Å². The summed E-state index contributed by atoms with van der Waals surface area (Å²) >= 11 is 0. The smallest absolute Gasteiger partial charge is 0.129 e. The summed E-state index contributed by atoms with van der Waals surface area (Å²) in [7, 11) is 1.53. The summed E-state index contributed by atoms with van der Waals surface area (Å²) in [6.45, 7) is 0. The topological polar surface area (TPSA) is 29.5 Å². The molecule has 0 spiro atoms. The highest BCUT2D eigenvalue weighted by Crippen LogP contribution is 2.43. The van der Waals surface area contributed by atoms with E-state index in [1.165, 1.54) is 13.2 Å². The number of hydrogen-bond donors (Lipinski definition) is 1. The molecule has 0 aromatic heterocycles. The molecule has 1 atom stereocenters. The van der Waals surface area contributed by atoms with Gasteiger partial charge in [0.15, 0.2) is 0 Å². The molecule has 1 aliphatic rings. The van der Waals surface area contributed by atoms with E-state index in [4.69, 9.17) is 4.74 Å². The number of halogens is 1. The van der Waals surface area contributed by atoms with Crippen LogP contribution < -0.4 is 4.74 Å². The molecule has 3 heteroatoms. The SMILES string of the molecule is COc1ccc(F)c(C2(O)CCc3ccccc32)c1. The van der Waals surface area contributed by atoms with Gasteiger partial charge in [-0.2, -0.15) is 0 Å². The average molecular weight is 258 g/mol. The van der Waals surface area contributed by atoms with Crippen molar-refractivity contribution in [1.82, 2.24) is 0 Å². The highest BCUT2D eigenvalue weighted by Gasteiger charge is 2.40. The molecule has 3 rings (SSSR count). The monoisotopic (exact) mass is 258 g/mol. The Morgan fingerprint density at radius 1 is 1.16 bits per heavy atom. The van der Waals surface area contributed by atoms with Crippen LogP contribution in [0.5, 0.6) is 5.75 Å². The molecule has 0 aliphatic heterocycles. The van der Waals surface area contributed by atoms with Crippen molar-refractivity contribution in [3.05, 3.63) is 65.0 Å². The van der Waals surface area contributed by atoms with Gasteiger partial charge in [0.05, 0.1) is 7.11 Å². The van der Waals surface area contributed by atoms with Crippen LogP contribution in [0.2, 0.25) is 0 Å². The van der Waals surface area contributed by atoms with Crippen LogP contribution in [0.4, 0.5) is 4.39 Å². The van der Waals surface area contributed by atoms with Crippen LogP contribution in [0.3, 0.4) is 0 Å². The van der Waals surface area contributed by atoms with Crippen molar-refractivity contribution in [2.24, 2.45) is 0 Å². The molecule has 0 bridgehead atoms. The zero-order valence-electron chi connectivity index (χ0n) is 10.7. The number of methoxy groups -OCH3 is 1. The quantitative estimate of drug-likeness (QED) is 0.897. The highest BCUT2D eigenvalue weighted by atomic mass is 19.1. The Hall–Kier alpha value is -1.87. The summed E-state index contributed by atoms with van der Waals surface area (Å²) < 4.78 is 19.2. The fourth-order valence-electron chi connectivity index (χ4n) is 2.82. The lowest BCUT2D eigenvalue weighted by Crippen LogP contribution is -2.25. The standard InChI is InChI=1S/C16H15FO2/c1-19-12-6-7-15(17)14(10-12)16(18)9-8-11-4-2-3-5-13(11)16/h2-7,10,18H,8-9H2,1H3. The van der Waals surface area contributed by atoms with E-state index in [2.05, 4.69) is 0 Å². The maximum Gasteiger partial charge on any atom is 0.129 e. The molecule has 0 amide bonds. The first-order valence-corrected chi connectivity index (χ1v) is 6.30.